The van der Waals surface area contributed by atoms with Gasteiger partial charge in [-0.25, -0.2) is 8.42 Å². The number of carbonyl (C=O) groups is 2. The van der Waals surface area contributed by atoms with E-state index in [-0.39, 0.29) is 16.7 Å². The molecular formula is C23H35N5O4S. The van der Waals surface area contributed by atoms with Crippen LogP contribution in [0.15, 0.2) is 23.1 Å². The van der Waals surface area contributed by atoms with Crippen molar-refractivity contribution in [2.45, 2.75) is 43.5 Å². The summed E-state index contributed by atoms with van der Waals surface area (Å²) >= 11 is 0. The Balaban J connectivity index is 1.43. The predicted molar refractivity (Wildman–Crippen MR) is 127 cm³/mol. The van der Waals surface area contributed by atoms with Gasteiger partial charge in [-0.3, -0.25) is 19.4 Å². The molecule has 1 aromatic carbocycles. The number of hydrogen-bond acceptors (Lipinski definition) is 6. The molecule has 9 nitrogen and oxygen atoms in total. The van der Waals surface area contributed by atoms with E-state index in [0.29, 0.717) is 31.7 Å². The first-order valence-corrected chi connectivity index (χ1v) is 13.3. The van der Waals surface area contributed by atoms with Crippen molar-refractivity contribution in [3.8, 4) is 0 Å². The lowest BCUT2D eigenvalue weighted by Gasteiger charge is -2.32. The number of anilines is 1. The average molecular weight is 478 g/mol. The summed E-state index contributed by atoms with van der Waals surface area (Å²) in [5, 5.41) is 2.98. The highest BCUT2D eigenvalue weighted by Crippen LogP contribution is 2.35. The fourth-order valence-corrected chi connectivity index (χ4v) is 6.54. The number of piperidine rings is 1. The molecule has 3 aliphatic heterocycles. The molecule has 33 heavy (non-hydrogen) atoms. The summed E-state index contributed by atoms with van der Waals surface area (Å²) < 4.78 is 27.7. The topological polar surface area (TPSA) is 93.3 Å². The lowest BCUT2D eigenvalue weighted by atomic mass is 10.1. The molecule has 3 aliphatic rings. The fourth-order valence-electron chi connectivity index (χ4n) is 4.97. The van der Waals surface area contributed by atoms with Gasteiger partial charge in [-0.05, 0) is 43.7 Å². The number of nitrogens with one attached hydrogen (secondary N) is 1. The molecule has 1 N–H and O–H groups in total. The highest BCUT2D eigenvalue weighted by Gasteiger charge is 2.38. The largest absolute Gasteiger partial charge is 0.353 e. The van der Waals surface area contributed by atoms with E-state index in [9.17, 15) is 18.0 Å². The van der Waals surface area contributed by atoms with Gasteiger partial charge < -0.3 is 10.2 Å². The van der Waals surface area contributed by atoms with E-state index in [0.717, 1.165) is 57.5 Å². The van der Waals surface area contributed by atoms with Crippen LogP contribution in [0.3, 0.4) is 0 Å². The lowest BCUT2D eigenvalue weighted by molar-refractivity contribution is -0.125. The van der Waals surface area contributed by atoms with Crippen molar-refractivity contribution in [2.24, 2.45) is 0 Å². The number of hydrogen-bond donors (Lipinski definition) is 1. The Labute approximate surface area is 196 Å². The Kier molecular flexibility index (Phi) is 7.37. The summed E-state index contributed by atoms with van der Waals surface area (Å²) in [6.07, 6.45) is 3.12. The van der Waals surface area contributed by atoms with Crippen LogP contribution in [0.2, 0.25) is 0 Å². The quantitative estimate of drug-likeness (QED) is 0.642. The number of sulfonamides is 1. The fraction of sp³-hybridized carbons (Fsp3) is 0.652. The molecule has 182 valence electrons. The summed E-state index contributed by atoms with van der Waals surface area (Å²) in [4.78, 5) is 31.8. The number of piperazine rings is 1. The Morgan fingerprint density at radius 1 is 1.03 bits per heavy atom. The first-order valence-electron chi connectivity index (χ1n) is 11.9. The molecule has 1 aromatic rings. The van der Waals surface area contributed by atoms with Gasteiger partial charge in [0, 0.05) is 71.4 Å². The van der Waals surface area contributed by atoms with Crippen LogP contribution in [0, 0.1) is 0 Å². The third kappa shape index (κ3) is 5.24. The van der Waals surface area contributed by atoms with Gasteiger partial charge in [-0.2, -0.15) is 4.31 Å². The van der Waals surface area contributed by atoms with Crippen molar-refractivity contribution in [1.82, 2.24) is 19.4 Å². The second kappa shape index (κ2) is 10.1. The van der Waals surface area contributed by atoms with E-state index in [1.165, 1.54) is 11.8 Å². The van der Waals surface area contributed by atoms with Gasteiger partial charge in [0.1, 0.15) is 6.04 Å². The molecule has 0 radical (unpaired) electrons. The highest BCUT2D eigenvalue weighted by molar-refractivity contribution is 7.89. The first-order chi connectivity index (χ1) is 15.8. The van der Waals surface area contributed by atoms with Gasteiger partial charge >= 0.3 is 0 Å². The molecule has 10 heteroatoms. The second-order valence-electron chi connectivity index (χ2n) is 9.30. The first kappa shape index (κ1) is 24.1. The van der Waals surface area contributed by atoms with Crippen molar-refractivity contribution in [2.75, 3.05) is 64.3 Å². The smallest absolute Gasteiger partial charge is 0.243 e. The van der Waals surface area contributed by atoms with Gasteiger partial charge in [-0.1, -0.05) is 6.42 Å². The molecule has 3 heterocycles. The van der Waals surface area contributed by atoms with Gasteiger partial charge in [-0.15, -0.1) is 0 Å². The van der Waals surface area contributed by atoms with Gasteiger partial charge in [0.2, 0.25) is 21.8 Å². The minimum atomic E-state index is -3.57. The van der Waals surface area contributed by atoms with Crippen molar-refractivity contribution in [3.05, 3.63) is 23.8 Å². The minimum absolute atomic E-state index is 0.198. The van der Waals surface area contributed by atoms with Crippen LogP contribution in [0.5, 0.6) is 0 Å². The zero-order valence-corrected chi connectivity index (χ0v) is 20.4. The molecular weight excluding hydrogens is 442 g/mol. The van der Waals surface area contributed by atoms with Crippen LogP contribution in [-0.2, 0) is 26.0 Å². The van der Waals surface area contributed by atoms with Gasteiger partial charge in [0.15, 0.2) is 0 Å². The standard InChI is InChI=1S/C23H35N5O4S/c1-18(29)28-21-7-6-20(33(31,32)27-9-4-3-5-10-27)16-19(21)17-22(28)23(30)24-8-11-26-14-12-25(2)13-15-26/h6-7,16,22H,3-5,8-15,17H2,1-2H3,(H,24,30). The molecule has 0 aromatic heterocycles. The second-order valence-corrected chi connectivity index (χ2v) is 11.2. The maximum Gasteiger partial charge on any atom is 0.243 e. The van der Waals surface area contributed by atoms with E-state index < -0.39 is 16.1 Å². The van der Waals surface area contributed by atoms with Crippen LogP contribution in [0.4, 0.5) is 5.69 Å². The zero-order chi connectivity index (χ0) is 23.6. The Morgan fingerprint density at radius 2 is 1.73 bits per heavy atom. The molecule has 0 spiro atoms. The monoisotopic (exact) mass is 477 g/mol. The molecule has 2 amide bonds. The number of likely N-dealkylation sites (N-methyl/N-ethyl adjacent to an activating group) is 1. The summed E-state index contributed by atoms with van der Waals surface area (Å²) in [5.41, 5.74) is 1.35. The van der Waals surface area contributed by atoms with E-state index >= 15 is 0 Å². The number of nitrogens with zero attached hydrogens (tertiary/aromatic N) is 4. The van der Waals surface area contributed by atoms with Crippen molar-refractivity contribution in [3.63, 3.8) is 0 Å². The van der Waals surface area contributed by atoms with Gasteiger partial charge in [0.05, 0.1) is 4.90 Å². The number of benzene rings is 1. The van der Waals surface area contributed by atoms with Crippen LogP contribution in [-0.4, -0.2) is 99.8 Å². The third-order valence-electron chi connectivity index (χ3n) is 6.95. The summed E-state index contributed by atoms with van der Waals surface area (Å²) in [7, 11) is -1.46. The molecule has 0 bridgehead atoms. The predicted octanol–water partition coefficient (Wildman–Crippen LogP) is 0.502. The molecule has 2 fully saturated rings. The number of carbonyl (C=O) groups excluding carboxylic acids is 2. The summed E-state index contributed by atoms with van der Waals surface area (Å²) in [6, 6.07) is 4.22. The normalized spacial score (nSPS) is 22.8. The maximum atomic E-state index is 13.1. The van der Waals surface area contributed by atoms with Crippen LogP contribution in [0.25, 0.3) is 0 Å². The van der Waals surface area contributed by atoms with Crippen LogP contribution >= 0.6 is 0 Å². The molecule has 2 saturated heterocycles. The average Bonchev–Trinajstić information content (AvgIpc) is 3.20. The van der Waals surface area contributed by atoms with Crippen molar-refractivity contribution < 1.29 is 18.0 Å². The molecule has 0 saturated carbocycles. The van der Waals surface area contributed by atoms with E-state index in [1.807, 2.05) is 0 Å². The number of rotatable bonds is 6. The summed E-state index contributed by atoms with van der Waals surface area (Å²) in [5.74, 6) is -0.421. The van der Waals surface area contributed by atoms with Crippen molar-refractivity contribution in [1.29, 1.82) is 0 Å². The molecule has 4 rings (SSSR count). The SMILES string of the molecule is CC(=O)N1c2ccc(S(=O)(=O)N3CCCCC3)cc2CC1C(=O)NCCN1CCN(C)CC1. The Morgan fingerprint density at radius 3 is 2.39 bits per heavy atom. The third-order valence-corrected chi connectivity index (χ3v) is 8.85. The maximum absolute atomic E-state index is 13.1. The van der Waals surface area contributed by atoms with Crippen molar-refractivity contribution >= 4 is 27.5 Å². The number of fused-ring (bicyclic) bond motifs is 1. The Bertz CT molecular complexity index is 985. The number of amides is 2. The minimum Gasteiger partial charge on any atom is -0.353 e. The van der Waals surface area contributed by atoms with E-state index in [4.69, 9.17) is 0 Å². The van der Waals surface area contributed by atoms with E-state index in [2.05, 4.69) is 22.2 Å². The highest BCUT2D eigenvalue weighted by atomic mass is 32.2. The summed E-state index contributed by atoms with van der Waals surface area (Å²) in [6.45, 7) is 7.82. The Hall–Kier alpha value is -2.01. The van der Waals surface area contributed by atoms with Crippen LogP contribution < -0.4 is 10.2 Å². The van der Waals surface area contributed by atoms with E-state index in [1.54, 1.807) is 22.5 Å². The lowest BCUT2D eigenvalue weighted by Crippen LogP contribution is -2.50. The molecule has 0 aliphatic carbocycles. The van der Waals surface area contributed by atoms with Crippen LogP contribution in [0.1, 0.15) is 31.7 Å². The molecule has 1 atom stereocenters. The zero-order valence-electron chi connectivity index (χ0n) is 19.6. The van der Waals surface area contributed by atoms with Gasteiger partial charge in [0.25, 0.3) is 0 Å². The molecule has 1 unspecified atom stereocenters.